The molecular weight excluding hydrogens is 492 g/mol. The molecule has 1 aromatic carbocycles. The molecule has 1 atom stereocenters. The van der Waals surface area contributed by atoms with Gasteiger partial charge in [-0.1, -0.05) is 18.2 Å². The summed E-state index contributed by atoms with van der Waals surface area (Å²) in [5, 5.41) is 17.3. The van der Waals surface area contributed by atoms with Crippen molar-refractivity contribution in [2.45, 2.75) is 49.7 Å². The number of benzene rings is 1. The van der Waals surface area contributed by atoms with Gasteiger partial charge in [0.25, 0.3) is 5.91 Å². The Morgan fingerprint density at radius 3 is 2.65 bits per heavy atom. The maximum Gasteiger partial charge on any atom is 0.287 e. The van der Waals surface area contributed by atoms with Gasteiger partial charge in [-0.3, -0.25) is 4.79 Å². The summed E-state index contributed by atoms with van der Waals surface area (Å²) in [7, 11) is -2.92. The third kappa shape index (κ3) is 5.32. The van der Waals surface area contributed by atoms with E-state index in [1.165, 1.54) is 12.6 Å². The Bertz CT molecular complexity index is 1550. The maximum atomic E-state index is 13.2. The van der Waals surface area contributed by atoms with Crippen LogP contribution in [0.2, 0.25) is 0 Å². The van der Waals surface area contributed by atoms with Crippen LogP contribution < -0.4 is 10.1 Å². The Labute approximate surface area is 214 Å². The van der Waals surface area contributed by atoms with Gasteiger partial charge >= 0.3 is 0 Å². The van der Waals surface area contributed by atoms with E-state index in [1.807, 2.05) is 12.1 Å². The first-order valence-corrected chi connectivity index (χ1v) is 14.0. The minimum absolute atomic E-state index is 0.0290. The number of carbonyl (C=O) groups excluding carboxylic acids is 1. The Balaban J connectivity index is 1.46. The van der Waals surface area contributed by atoms with Crippen molar-refractivity contribution in [3.05, 3.63) is 72.3 Å². The van der Waals surface area contributed by atoms with Crippen molar-refractivity contribution in [1.82, 2.24) is 19.6 Å². The van der Waals surface area contributed by atoms with Crippen LogP contribution in [0.4, 0.5) is 11.5 Å². The molecule has 4 aromatic rings. The van der Waals surface area contributed by atoms with Gasteiger partial charge in [-0.25, -0.2) is 18.7 Å². The second-order valence-corrected chi connectivity index (χ2v) is 11.4. The van der Waals surface area contributed by atoms with Gasteiger partial charge in [-0.15, -0.1) is 0 Å². The van der Waals surface area contributed by atoms with Crippen LogP contribution in [0, 0.1) is 6.92 Å². The molecule has 0 bridgehead atoms. The summed E-state index contributed by atoms with van der Waals surface area (Å²) in [6.45, 7) is 1.78. The van der Waals surface area contributed by atoms with Gasteiger partial charge in [0.05, 0.1) is 21.4 Å². The number of aromatic nitrogens is 4. The van der Waals surface area contributed by atoms with Crippen molar-refractivity contribution in [2.75, 3.05) is 11.6 Å². The number of amides is 1. The first-order chi connectivity index (χ1) is 17.8. The van der Waals surface area contributed by atoms with Gasteiger partial charge in [0.1, 0.15) is 23.6 Å². The Hall–Kier alpha value is -3.83. The molecule has 1 fully saturated rings. The lowest BCUT2D eigenvalue weighted by molar-refractivity contribution is 0.0647. The number of rotatable bonds is 6. The monoisotopic (exact) mass is 520 g/mol. The summed E-state index contributed by atoms with van der Waals surface area (Å²) < 4.78 is 24.9. The molecule has 11 heteroatoms. The smallest absolute Gasteiger partial charge is 0.287 e. The Morgan fingerprint density at radius 2 is 1.89 bits per heavy atom. The third-order valence-corrected chi connectivity index (χ3v) is 8.10. The minimum Gasteiger partial charge on any atom is -0.473 e. The van der Waals surface area contributed by atoms with E-state index in [0.717, 1.165) is 12.8 Å². The van der Waals surface area contributed by atoms with Crippen molar-refractivity contribution < 1.29 is 18.8 Å². The van der Waals surface area contributed by atoms with Crippen molar-refractivity contribution in [1.29, 1.82) is 0 Å². The second kappa shape index (κ2) is 10.3. The first kappa shape index (κ1) is 24.8. The highest BCUT2D eigenvalue weighted by atomic mass is 32.2. The van der Waals surface area contributed by atoms with Gasteiger partial charge in [-0.05, 0) is 62.4 Å². The molecule has 1 saturated carbocycles. The standard InChI is InChI=1S/C26H28N6O4S/c1-17-21(25(34)31-37(2,35)20-7-4-3-5-8-20)15-32-23(17)24(28-16-29-32)30-22-9-6-14-27-26(22)36-19-12-10-18(33)11-13-19/h3-9,14-16,18-19,33H,10-13H2,1-2H3,(H,28,29,30). The zero-order valence-corrected chi connectivity index (χ0v) is 21.4. The normalized spacial score (nSPS) is 19.2. The molecule has 0 aliphatic heterocycles. The number of ether oxygens (including phenoxy) is 1. The molecule has 1 amide bonds. The Kier molecular flexibility index (Phi) is 6.90. The van der Waals surface area contributed by atoms with Crippen LogP contribution in [0.1, 0.15) is 41.6 Å². The van der Waals surface area contributed by atoms with E-state index >= 15 is 0 Å². The molecule has 1 unspecified atom stereocenters. The number of pyridine rings is 1. The van der Waals surface area contributed by atoms with Gasteiger partial charge in [0, 0.05) is 23.5 Å². The summed E-state index contributed by atoms with van der Waals surface area (Å²) in [6.07, 6.45) is 8.67. The highest BCUT2D eigenvalue weighted by Crippen LogP contribution is 2.32. The number of hydrogen-bond acceptors (Lipinski definition) is 8. The number of hydrogen-bond donors (Lipinski definition) is 2. The topological polar surface area (TPSA) is 131 Å². The fourth-order valence-corrected chi connectivity index (χ4v) is 5.61. The molecule has 10 nitrogen and oxygen atoms in total. The van der Waals surface area contributed by atoms with Crippen LogP contribution in [-0.4, -0.2) is 53.3 Å². The molecule has 5 rings (SSSR count). The molecule has 3 heterocycles. The molecule has 0 saturated heterocycles. The van der Waals surface area contributed by atoms with Crippen molar-refractivity contribution in [3.63, 3.8) is 0 Å². The van der Waals surface area contributed by atoms with E-state index in [1.54, 1.807) is 54.2 Å². The zero-order valence-electron chi connectivity index (χ0n) is 20.6. The molecule has 0 spiro atoms. The minimum atomic E-state index is -2.92. The number of nitrogens with zero attached hydrogens (tertiary/aromatic N) is 5. The second-order valence-electron chi connectivity index (χ2n) is 9.11. The fraction of sp³-hybridized carbons (Fsp3) is 0.308. The third-order valence-electron chi connectivity index (χ3n) is 6.44. The quantitative estimate of drug-likeness (QED) is 0.388. The van der Waals surface area contributed by atoms with Crippen molar-refractivity contribution in [3.8, 4) is 5.88 Å². The SMILES string of the molecule is Cc1c(C(=O)N=S(C)(=O)c2ccccc2)cn2ncnc(Nc3cccnc3OC3CCC(O)CC3)c12. The van der Waals surface area contributed by atoms with E-state index in [0.29, 0.717) is 46.2 Å². The highest BCUT2D eigenvalue weighted by Gasteiger charge is 2.23. The lowest BCUT2D eigenvalue weighted by Gasteiger charge is -2.26. The highest BCUT2D eigenvalue weighted by molar-refractivity contribution is 7.93. The molecule has 192 valence electrons. The number of aliphatic hydroxyl groups is 1. The lowest BCUT2D eigenvalue weighted by Crippen LogP contribution is -2.27. The van der Waals surface area contributed by atoms with Crippen LogP contribution in [0.25, 0.3) is 5.52 Å². The maximum absolute atomic E-state index is 13.2. The van der Waals surface area contributed by atoms with E-state index in [9.17, 15) is 14.1 Å². The number of nitrogens with one attached hydrogen (secondary N) is 1. The van der Waals surface area contributed by atoms with E-state index < -0.39 is 15.6 Å². The van der Waals surface area contributed by atoms with Gasteiger partial charge in [0.15, 0.2) is 5.82 Å². The summed E-state index contributed by atoms with van der Waals surface area (Å²) in [5.74, 6) is 0.309. The van der Waals surface area contributed by atoms with Crippen LogP contribution in [0.5, 0.6) is 5.88 Å². The largest absolute Gasteiger partial charge is 0.473 e. The average Bonchev–Trinajstić information content (AvgIpc) is 3.24. The number of anilines is 2. The molecular formula is C26H28N6O4S. The van der Waals surface area contributed by atoms with Gasteiger partial charge in [-0.2, -0.15) is 9.46 Å². The van der Waals surface area contributed by atoms with Crippen LogP contribution >= 0.6 is 0 Å². The van der Waals surface area contributed by atoms with Crippen LogP contribution in [0.15, 0.2) is 70.4 Å². The van der Waals surface area contributed by atoms with Crippen LogP contribution in [-0.2, 0) is 9.73 Å². The van der Waals surface area contributed by atoms with Crippen molar-refractivity contribution in [2.24, 2.45) is 4.36 Å². The summed E-state index contributed by atoms with van der Waals surface area (Å²) in [4.78, 5) is 22.4. The summed E-state index contributed by atoms with van der Waals surface area (Å²) in [5.41, 5.74) is 2.09. The molecule has 2 N–H and O–H groups in total. The van der Waals surface area contributed by atoms with E-state index in [2.05, 4.69) is 24.7 Å². The molecule has 3 aromatic heterocycles. The Morgan fingerprint density at radius 1 is 1.14 bits per heavy atom. The average molecular weight is 521 g/mol. The zero-order chi connectivity index (χ0) is 26.0. The lowest BCUT2D eigenvalue weighted by atomic mass is 9.95. The van der Waals surface area contributed by atoms with Crippen molar-refractivity contribution >= 4 is 32.7 Å². The number of aliphatic hydroxyl groups excluding tert-OH is 1. The van der Waals surface area contributed by atoms with Gasteiger partial charge in [0.2, 0.25) is 5.88 Å². The predicted octanol–water partition coefficient (Wildman–Crippen LogP) is 4.16. The van der Waals surface area contributed by atoms with E-state index in [4.69, 9.17) is 4.74 Å². The summed E-state index contributed by atoms with van der Waals surface area (Å²) in [6, 6.07) is 12.4. The number of fused-ring (bicyclic) bond motifs is 1. The first-order valence-electron chi connectivity index (χ1n) is 12.0. The fourth-order valence-electron chi connectivity index (χ4n) is 4.43. The molecule has 37 heavy (non-hydrogen) atoms. The van der Waals surface area contributed by atoms with Crippen LogP contribution in [0.3, 0.4) is 0 Å². The number of aryl methyl sites for hydroxylation is 1. The van der Waals surface area contributed by atoms with Gasteiger partial charge < -0.3 is 15.2 Å². The molecule has 1 aliphatic rings. The number of carbonyl (C=O) groups is 1. The molecule has 0 radical (unpaired) electrons. The predicted molar refractivity (Wildman–Crippen MR) is 140 cm³/mol. The van der Waals surface area contributed by atoms with E-state index in [-0.39, 0.29) is 17.8 Å². The molecule has 1 aliphatic carbocycles. The summed E-state index contributed by atoms with van der Waals surface area (Å²) >= 11 is 0.